The largest absolute Gasteiger partial charge is 0.359 e. The summed E-state index contributed by atoms with van der Waals surface area (Å²) in [5.41, 5.74) is 0. The van der Waals surface area contributed by atoms with E-state index < -0.39 is 0 Å². The quantitative estimate of drug-likeness (QED) is 0.702. The Hall–Kier alpha value is -0.570. The number of likely N-dealkylation sites (tertiary alicyclic amines) is 1. The van der Waals surface area contributed by atoms with Crippen LogP contribution in [0, 0.1) is 5.92 Å². The number of nitrogens with zero attached hydrogens (tertiary/aromatic N) is 1. The Bertz CT molecular complexity index is 170. The molecule has 1 aliphatic heterocycles. The van der Waals surface area contributed by atoms with Gasteiger partial charge in [-0.1, -0.05) is 13.3 Å². The van der Waals surface area contributed by atoms with E-state index in [9.17, 15) is 4.79 Å². The van der Waals surface area contributed by atoms with E-state index in [1.165, 1.54) is 25.9 Å². The standard InChI is InChI=1S/C10H20N2O/c1-3-9-4-6-12(8-9)7-5-10(13)11-2/h9H,3-8H2,1-2H3,(H,11,13). The molecule has 0 aromatic rings. The average molecular weight is 184 g/mol. The van der Waals surface area contributed by atoms with Crippen molar-refractivity contribution in [2.45, 2.75) is 26.2 Å². The van der Waals surface area contributed by atoms with E-state index in [1.54, 1.807) is 7.05 Å². The maximum absolute atomic E-state index is 11.0. The third-order valence-electron chi connectivity index (χ3n) is 2.88. The van der Waals surface area contributed by atoms with Crippen LogP contribution in [0.5, 0.6) is 0 Å². The van der Waals surface area contributed by atoms with Crippen molar-refractivity contribution in [1.29, 1.82) is 0 Å². The number of carbonyl (C=O) groups is 1. The second-order valence-corrected chi connectivity index (χ2v) is 3.79. The molecule has 1 amide bonds. The number of hydrogen-bond donors (Lipinski definition) is 1. The summed E-state index contributed by atoms with van der Waals surface area (Å²) in [4.78, 5) is 13.4. The van der Waals surface area contributed by atoms with Crippen molar-refractivity contribution in [3.63, 3.8) is 0 Å². The third-order valence-corrected chi connectivity index (χ3v) is 2.88. The molecular weight excluding hydrogens is 164 g/mol. The fourth-order valence-corrected chi connectivity index (χ4v) is 1.83. The van der Waals surface area contributed by atoms with Crippen LogP contribution in [0.4, 0.5) is 0 Å². The lowest BCUT2D eigenvalue weighted by atomic mass is 10.1. The second kappa shape index (κ2) is 5.22. The van der Waals surface area contributed by atoms with E-state index in [-0.39, 0.29) is 5.91 Å². The van der Waals surface area contributed by atoms with Crippen molar-refractivity contribution < 1.29 is 4.79 Å². The van der Waals surface area contributed by atoms with Gasteiger partial charge < -0.3 is 10.2 Å². The molecule has 0 saturated carbocycles. The van der Waals surface area contributed by atoms with Gasteiger partial charge in [0.05, 0.1) is 0 Å². The molecule has 1 aliphatic rings. The van der Waals surface area contributed by atoms with Gasteiger partial charge >= 0.3 is 0 Å². The van der Waals surface area contributed by atoms with Crippen LogP contribution in [0.3, 0.4) is 0 Å². The summed E-state index contributed by atoms with van der Waals surface area (Å²) in [6.07, 6.45) is 3.23. The van der Waals surface area contributed by atoms with Gasteiger partial charge in [-0.3, -0.25) is 4.79 Å². The van der Waals surface area contributed by atoms with Crippen molar-refractivity contribution in [3.05, 3.63) is 0 Å². The zero-order valence-electron chi connectivity index (χ0n) is 8.68. The van der Waals surface area contributed by atoms with Crippen molar-refractivity contribution in [2.24, 2.45) is 5.92 Å². The molecule has 0 aromatic carbocycles. The molecule has 1 saturated heterocycles. The Labute approximate surface area is 80.5 Å². The highest BCUT2D eigenvalue weighted by molar-refractivity contribution is 5.75. The highest BCUT2D eigenvalue weighted by Crippen LogP contribution is 2.18. The summed E-state index contributed by atoms with van der Waals surface area (Å²) in [6, 6.07) is 0. The predicted octanol–water partition coefficient (Wildman–Crippen LogP) is 0.854. The summed E-state index contributed by atoms with van der Waals surface area (Å²) < 4.78 is 0. The first-order valence-electron chi connectivity index (χ1n) is 5.19. The van der Waals surface area contributed by atoms with Crippen molar-refractivity contribution in [3.8, 4) is 0 Å². The van der Waals surface area contributed by atoms with Gasteiger partial charge in [0.25, 0.3) is 0 Å². The zero-order chi connectivity index (χ0) is 9.68. The molecule has 0 spiro atoms. The molecule has 1 fully saturated rings. The molecule has 0 radical (unpaired) electrons. The Morgan fingerprint density at radius 1 is 1.62 bits per heavy atom. The van der Waals surface area contributed by atoms with Gasteiger partial charge in [0, 0.05) is 26.6 Å². The van der Waals surface area contributed by atoms with E-state index in [4.69, 9.17) is 0 Å². The van der Waals surface area contributed by atoms with E-state index in [0.29, 0.717) is 6.42 Å². The fourth-order valence-electron chi connectivity index (χ4n) is 1.83. The Morgan fingerprint density at radius 2 is 2.38 bits per heavy atom. The van der Waals surface area contributed by atoms with Crippen molar-refractivity contribution >= 4 is 5.91 Å². The van der Waals surface area contributed by atoms with Crippen LogP contribution in [-0.2, 0) is 4.79 Å². The first-order chi connectivity index (χ1) is 6.26. The van der Waals surface area contributed by atoms with Crippen LogP contribution in [0.2, 0.25) is 0 Å². The molecule has 3 heteroatoms. The van der Waals surface area contributed by atoms with Gasteiger partial charge in [0.1, 0.15) is 0 Å². The molecule has 1 N–H and O–H groups in total. The Balaban J connectivity index is 2.13. The average Bonchev–Trinajstić information content (AvgIpc) is 2.61. The minimum absolute atomic E-state index is 0.153. The van der Waals surface area contributed by atoms with Gasteiger partial charge in [-0.15, -0.1) is 0 Å². The topological polar surface area (TPSA) is 32.3 Å². The molecule has 76 valence electrons. The lowest BCUT2D eigenvalue weighted by Gasteiger charge is -2.14. The van der Waals surface area contributed by atoms with Gasteiger partial charge in [-0.2, -0.15) is 0 Å². The smallest absolute Gasteiger partial charge is 0.221 e. The minimum Gasteiger partial charge on any atom is -0.359 e. The van der Waals surface area contributed by atoms with Gasteiger partial charge in [-0.05, 0) is 18.9 Å². The monoisotopic (exact) mass is 184 g/mol. The first kappa shape index (κ1) is 10.5. The van der Waals surface area contributed by atoms with Crippen LogP contribution in [-0.4, -0.2) is 37.5 Å². The van der Waals surface area contributed by atoms with Crippen molar-refractivity contribution in [2.75, 3.05) is 26.7 Å². The molecule has 13 heavy (non-hydrogen) atoms. The predicted molar refractivity (Wildman–Crippen MR) is 53.5 cm³/mol. The minimum atomic E-state index is 0.153. The third kappa shape index (κ3) is 3.35. The number of carbonyl (C=O) groups excluding carboxylic acids is 1. The fraction of sp³-hybridized carbons (Fsp3) is 0.900. The SMILES string of the molecule is CCC1CCN(CCC(=O)NC)C1. The van der Waals surface area contributed by atoms with E-state index in [2.05, 4.69) is 17.1 Å². The van der Waals surface area contributed by atoms with Crippen LogP contribution in [0.25, 0.3) is 0 Å². The summed E-state index contributed by atoms with van der Waals surface area (Å²) >= 11 is 0. The highest BCUT2D eigenvalue weighted by Gasteiger charge is 2.20. The lowest BCUT2D eigenvalue weighted by Crippen LogP contribution is -2.27. The molecule has 1 heterocycles. The molecule has 1 atom stereocenters. The van der Waals surface area contributed by atoms with Crippen LogP contribution >= 0.6 is 0 Å². The number of amides is 1. The second-order valence-electron chi connectivity index (χ2n) is 3.79. The van der Waals surface area contributed by atoms with Crippen LogP contribution in [0.1, 0.15) is 26.2 Å². The normalized spacial score (nSPS) is 23.4. The van der Waals surface area contributed by atoms with Gasteiger partial charge in [0.2, 0.25) is 5.91 Å². The van der Waals surface area contributed by atoms with Gasteiger partial charge in [0.15, 0.2) is 0 Å². The molecule has 0 aliphatic carbocycles. The molecule has 1 unspecified atom stereocenters. The highest BCUT2D eigenvalue weighted by atomic mass is 16.1. The number of hydrogen-bond acceptors (Lipinski definition) is 2. The van der Waals surface area contributed by atoms with E-state index >= 15 is 0 Å². The molecule has 3 nitrogen and oxygen atoms in total. The van der Waals surface area contributed by atoms with Gasteiger partial charge in [-0.25, -0.2) is 0 Å². The zero-order valence-corrected chi connectivity index (χ0v) is 8.68. The van der Waals surface area contributed by atoms with Crippen LogP contribution in [0.15, 0.2) is 0 Å². The van der Waals surface area contributed by atoms with E-state index in [0.717, 1.165) is 12.5 Å². The molecular formula is C10H20N2O. The number of rotatable bonds is 4. The lowest BCUT2D eigenvalue weighted by molar-refractivity contribution is -0.120. The van der Waals surface area contributed by atoms with Crippen molar-refractivity contribution in [1.82, 2.24) is 10.2 Å². The Kier molecular flexibility index (Phi) is 4.22. The number of nitrogens with one attached hydrogen (secondary N) is 1. The Morgan fingerprint density at radius 3 is 2.92 bits per heavy atom. The maximum Gasteiger partial charge on any atom is 0.221 e. The maximum atomic E-state index is 11.0. The summed E-state index contributed by atoms with van der Waals surface area (Å²) in [5.74, 6) is 1.02. The summed E-state index contributed by atoms with van der Waals surface area (Å²) in [7, 11) is 1.70. The summed E-state index contributed by atoms with van der Waals surface area (Å²) in [6.45, 7) is 5.53. The molecule has 0 aromatic heterocycles. The van der Waals surface area contributed by atoms with Crippen LogP contribution < -0.4 is 5.32 Å². The molecule has 0 bridgehead atoms. The first-order valence-corrected chi connectivity index (χ1v) is 5.19. The summed E-state index contributed by atoms with van der Waals surface area (Å²) in [5, 5.41) is 2.65. The molecule has 1 rings (SSSR count). The van der Waals surface area contributed by atoms with E-state index in [1.807, 2.05) is 0 Å².